The van der Waals surface area contributed by atoms with Crippen molar-refractivity contribution in [3.63, 3.8) is 0 Å². The first kappa shape index (κ1) is 63.0. The summed E-state index contributed by atoms with van der Waals surface area (Å²) in [6, 6.07) is 31.9. The first-order chi connectivity index (χ1) is 42.7. The number of hydrogen-bond donors (Lipinski definition) is 6. The number of carbonyl (C=O) groups excluding carboxylic acids is 8. The Hall–Kier alpha value is -10.5. The van der Waals surface area contributed by atoms with Crippen molar-refractivity contribution < 1.29 is 48.3 Å². The highest BCUT2D eigenvalue weighted by Crippen LogP contribution is 2.31. The number of methoxy groups -OCH3 is 1. The van der Waals surface area contributed by atoms with Crippen LogP contribution in [0.25, 0.3) is 5.65 Å². The average molecular weight is 1250 g/mol. The minimum atomic E-state index is -0.527. The summed E-state index contributed by atoms with van der Waals surface area (Å²) >= 11 is 11.1. The molecule has 0 fully saturated rings. The monoisotopic (exact) mass is 1250 g/mol. The Morgan fingerprint density at radius 1 is 0.551 bits per heavy atom. The number of imide groups is 4. The van der Waals surface area contributed by atoms with Gasteiger partial charge in [0.2, 0.25) is 5.90 Å². The molecule has 4 aliphatic rings. The van der Waals surface area contributed by atoms with E-state index >= 15 is 0 Å². The zero-order valence-corrected chi connectivity index (χ0v) is 50.7. The smallest absolute Gasteiger partial charge is 0.262 e. The molecule has 29 heteroatoms. The summed E-state index contributed by atoms with van der Waals surface area (Å²) in [6.45, 7) is 13.2. The molecule has 0 radical (unpaired) electrons. The minimum absolute atomic E-state index is 0.0994. The van der Waals surface area contributed by atoms with Crippen LogP contribution in [0.3, 0.4) is 0 Å². The lowest BCUT2D eigenvalue weighted by atomic mass is 10.1. The molecule has 4 aromatic carbocycles. The first-order valence-corrected chi connectivity index (χ1v) is 28.3. The molecule has 89 heavy (non-hydrogen) atoms. The van der Waals surface area contributed by atoms with Crippen molar-refractivity contribution in [2.45, 2.75) is 54.5 Å². The lowest BCUT2D eigenvalue weighted by Crippen LogP contribution is -2.39. The molecular weight excluding hydrogens is 1190 g/mol. The third kappa shape index (κ3) is 13.1. The maximum Gasteiger partial charge on any atom is 0.262 e. The number of aromatic nitrogens is 8. The largest absolute Gasteiger partial charge is 0.483 e. The van der Waals surface area contributed by atoms with Gasteiger partial charge in [-0.3, -0.25) is 83.9 Å². The summed E-state index contributed by atoms with van der Waals surface area (Å²) in [7, 11) is 1.44. The van der Waals surface area contributed by atoms with Crippen LogP contribution in [0.5, 0.6) is 0 Å². The maximum atomic E-state index is 12.5. The van der Waals surface area contributed by atoms with Crippen LogP contribution < -0.4 is 10.8 Å². The second-order valence-corrected chi connectivity index (χ2v) is 21.4. The molecule has 0 spiro atoms. The van der Waals surface area contributed by atoms with Gasteiger partial charge in [0.1, 0.15) is 11.7 Å². The number of H-pyrrole nitrogens is 3. The lowest BCUT2D eigenvalue weighted by molar-refractivity contribution is 0.0581. The van der Waals surface area contributed by atoms with Gasteiger partial charge in [0.25, 0.3) is 47.3 Å². The van der Waals surface area contributed by atoms with Crippen molar-refractivity contribution in [2.24, 2.45) is 31.8 Å². The number of benzene rings is 4. The molecule has 4 atom stereocenters. The van der Waals surface area contributed by atoms with Gasteiger partial charge in [-0.1, -0.05) is 69.3 Å². The van der Waals surface area contributed by atoms with Crippen LogP contribution in [0.4, 0.5) is 11.6 Å². The van der Waals surface area contributed by atoms with Gasteiger partial charge in [0, 0.05) is 90.3 Å². The fourth-order valence-electron chi connectivity index (χ4n) is 10.0. The van der Waals surface area contributed by atoms with Crippen molar-refractivity contribution in [2.75, 3.05) is 32.1 Å². The lowest BCUT2D eigenvalue weighted by Gasteiger charge is -2.20. The molecule has 0 bridgehead atoms. The molecule has 12 rings (SSSR count). The highest BCUT2D eigenvalue weighted by Gasteiger charge is 2.42. The predicted octanol–water partition coefficient (Wildman–Crippen LogP) is 8.11. The zero-order chi connectivity index (χ0) is 64.0. The number of nitrogens with zero attached hydrogens (tertiary/aromatic N) is 12. The maximum absolute atomic E-state index is 12.5. The number of aliphatic imine (C=N–C) groups is 1. The van der Waals surface area contributed by atoms with E-state index in [-0.39, 0.29) is 84.6 Å². The van der Waals surface area contributed by atoms with E-state index in [1.807, 2.05) is 39.2 Å². The molecule has 8 heterocycles. The fourth-order valence-corrected chi connectivity index (χ4v) is 10.5. The number of carbonyl (C=O) groups is 8. The molecule has 0 aliphatic carbocycles. The van der Waals surface area contributed by atoms with E-state index in [1.165, 1.54) is 21.8 Å². The van der Waals surface area contributed by atoms with Gasteiger partial charge in [-0.25, -0.2) is 9.98 Å². The van der Waals surface area contributed by atoms with Gasteiger partial charge < -0.3 is 10.1 Å². The van der Waals surface area contributed by atoms with Crippen molar-refractivity contribution in [3.8, 4) is 0 Å². The Morgan fingerprint density at radius 2 is 0.955 bits per heavy atom. The molecule has 0 saturated carbocycles. The molecule has 458 valence electrons. The summed E-state index contributed by atoms with van der Waals surface area (Å²) in [5, 5.41) is 33.3. The molecule has 0 saturated heterocycles. The third-order valence-corrected chi connectivity index (χ3v) is 15.0. The topological polar surface area (TPSA) is 343 Å². The molecule has 4 unspecified atom stereocenters. The summed E-state index contributed by atoms with van der Waals surface area (Å²) < 4.78 is 13.7. The van der Waals surface area contributed by atoms with E-state index in [2.05, 4.69) is 54.9 Å². The van der Waals surface area contributed by atoms with Crippen molar-refractivity contribution in [3.05, 3.63) is 183 Å². The Morgan fingerprint density at radius 3 is 1.31 bits per heavy atom. The number of hydroxylamine groups is 1. The van der Waals surface area contributed by atoms with Crippen LogP contribution >= 0.6 is 23.6 Å². The number of nitrogens with one attached hydrogen (secondary N) is 5. The van der Waals surface area contributed by atoms with E-state index in [4.69, 9.17) is 28.3 Å². The highest BCUT2D eigenvalue weighted by atomic mass is 35.5. The number of aryl methyl sites for hydroxylation is 3. The number of aromatic amines is 3. The van der Waals surface area contributed by atoms with E-state index in [9.17, 15) is 43.6 Å². The van der Waals surface area contributed by atoms with Crippen molar-refractivity contribution in [1.29, 1.82) is 0 Å². The van der Waals surface area contributed by atoms with Crippen LogP contribution in [0, 0.1) is 38.5 Å². The number of fused-ring (bicyclic) bond motifs is 5. The van der Waals surface area contributed by atoms with E-state index in [0.29, 0.717) is 79.3 Å². The fraction of sp³-hybridized carbons (Fsp3) is 0.250. The van der Waals surface area contributed by atoms with Crippen LogP contribution in [0.15, 0.2) is 129 Å². The summed E-state index contributed by atoms with van der Waals surface area (Å²) in [4.78, 5) is 112. The number of hydrogen-bond acceptors (Lipinski definition) is 17. The number of amides is 8. The number of ether oxygens (including phenoxy) is 1. The van der Waals surface area contributed by atoms with Gasteiger partial charge in [-0.15, -0.1) is 9.61 Å². The third-order valence-electron chi connectivity index (χ3n) is 14.6. The average Bonchev–Trinajstić information content (AvgIpc) is 1.90. The molecule has 6 N–H and O–H groups in total. The van der Waals surface area contributed by atoms with Gasteiger partial charge in [-0.05, 0) is 76.2 Å². The normalized spacial score (nSPS) is 15.8. The van der Waals surface area contributed by atoms with E-state index in [0.717, 1.165) is 22.0 Å². The highest BCUT2D eigenvalue weighted by molar-refractivity contribution is 6.25. The first-order valence-electron chi connectivity index (χ1n) is 27.6. The second kappa shape index (κ2) is 27.0. The van der Waals surface area contributed by atoms with Gasteiger partial charge in [0.15, 0.2) is 23.1 Å². The SMILES string of the molecule is COC(=NCl)C(C)CN1C(=O)c2ccccc2C1=O.Cc1cc(N=C(NO)C(C)CN2C(=O)c3ccccc3C2=O)n[nH]1.Cc1cc(NC(=NCl)C(C)CN2C(=O)c3ccccc3C2=O)n[nH]1.Cc1cc2nc(C(C)N3C(=O)c4ccccc4C3=O)nn2[nH]1. The van der Waals surface area contributed by atoms with Crippen LogP contribution in [0.2, 0.25) is 0 Å². The molecule has 8 amide bonds. The van der Waals surface area contributed by atoms with Crippen LogP contribution in [0.1, 0.15) is 140 Å². The van der Waals surface area contributed by atoms with Crippen LogP contribution in [-0.4, -0.2) is 157 Å². The van der Waals surface area contributed by atoms with Crippen molar-refractivity contribution >= 4 is 106 Å². The Balaban J connectivity index is 0.000000142. The van der Waals surface area contributed by atoms with E-state index < -0.39 is 12.0 Å². The number of amidine groups is 2. The van der Waals surface area contributed by atoms with Crippen LogP contribution in [-0.2, 0) is 4.74 Å². The Labute approximate surface area is 518 Å². The molecule has 4 aliphatic heterocycles. The quantitative estimate of drug-likeness (QED) is 0.0275. The number of anilines is 1. The zero-order valence-electron chi connectivity index (χ0n) is 49.1. The number of rotatable bonds is 13. The summed E-state index contributed by atoms with van der Waals surface area (Å²) in [6.07, 6.45) is 0. The summed E-state index contributed by atoms with van der Waals surface area (Å²) in [5.74, 6) is -1.05. The number of halogens is 2. The molecule has 4 aromatic heterocycles. The summed E-state index contributed by atoms with van der Waals surface area (Å²) in [5.41, 5.74) is 8.72. The predicted molar refractivity (Wildman–Crippen MR) is 326 cm³/mol. The van der Waals surface area contributed by atoms with E-state index in [1.54, 1.807) is 135 Å². The molecule has 27 nitrogen and oxygen atoms in total. The standard InChI is InChI=1S/C16H16ClN5O2.C16H17N5O3.C15H13N5O2.C13H13ClN2O3/c1-9(14(19-17)18-13-7-10(2)20-21-13)8-22-15(23)11-5-3-4-6-12(11)16(22)24;1-9(14(20-24)17-13-7-10(2)18-19-13)8-21-15(22)11-5-3-4-6-12(11)16(21)23;1-8-7-12-16-13(18-20(12)17-8)9(2)19-14(21)10-5-3-4-6-11(10)15(19)22;1-8(11(15-14)19-2)7-16-12(17)9-5-3-4-6-10(9)13(16)18/h3-7,9H,8H2,1-2H3,(H2,18,19,20,21);3-7,9,24H,8H2,1-2H3,(H2,17,18,19,20);3-7,9,17H,1-2H3;3-6,8H,7H2,1-2H3. The molecule has 8 aromatic rings. The minimum Gasteiger partial charge on any atom is -0.483 e. The second-order valence-electron chi connectivity index (χ2n) is 21.1. The van der Waals surface area contributed by atoms with Gasteiger partial charge in [-0.2, -0.15) is 19.3 Å². The Bertz CT molecular complexity index is 4010. The van der Waals surface area contributed by atoms with Gasteiger partial charge in [0.05, 0.1) is 63.6 Å². The van der Waals surface area contributed by atoms with Crippen molar-refractivity contribution in [1.82, 2.24) is 65.3 Å². The Kier molecular flexibility index (Phi) is 19.1. The molecular formula is C60H59Cl2N17O10. The van der Waals surface area contributed by atoms with Gasteiger partial charge >= 0.3 is 0 Å².